The van der Waals surface area contributed by atoms with Crippen molar-refractivity contribution in [2.75, 3.05) is 38.7 Å². The van der Waals surface area contributed by atoms with Crippen LogP contribution in [-0.2, 0) is 4.74 Å². The van der Waals surface area contributed by atoms with Crippen molar-refractivity contribution in [1.82, 2.24) is 30.0 Å². The Hall–Kier alpha value is -3.95. The molecule has 1 aliphatic heterocycles. The zero-order chi connectivity index (χ0) is 25.5. The lowest BCUT2D eigenvalue weighted by molar-refractivity contribution is 0.00880. The number of benzene rings is 2. The highest BCUT2D eigenvalue weighted by atomic mass is 16.5. The Morgan fingerprint density at radius 1 is 1.14 bits per heavy atom. The molecule has 2 aromatic carbocycles. The van der Waals surface area contributed by atoms with Crippen LogP contribution in [0.15, 0.2) is 54.7 Å². The molecule has 0 aliphatic carbocycles. The Labute approximate surface area is 215 Å². The standard InChI is InChI=1S/C28H31N7O2/c1-17-10-11-29-25(12-17)37-24-7-5-6-22-26(24)27(33-32-22)28-30-21-9-8-19(13-23(21)31-28)35-15-20(14-34(3)4)36-16-18(35)2/h5-13,18,20H,14-16H2,1-4H3,(H,30,31)(H,32,33). The van der Waals surface area contributed by atoms with Crippen molar-refractivity contribution in [2.24, 2.45) is 0 Å². The number of nitrogens with one attached hydrogen (secondary N) is 2. The zero-order valence-electron chi connectivity index (χ0n) is 21.5. The molecule has 3 aromatic heterocycles. The summed E-state index contributed by atoms with van der Waals surface area (Å²) in [5.74, 6) is 1.91. The molecule has 2 atom stereocenters. The molecule has 0 saturated carbocycles. The number of hydrogen-bond acceptors (Lipinski definition) is 7. The van der Waals surface area contributed by atoms with Crippen LogP contribution >= 0.6 is 0 Å². The minimum absolute atomic E-state index is 0.177. The van der Waals surface area contributed by atoms with Gasteiger partial charge in [-0.15, -0.1) is 0 Å². The highest BCUT2D eigenvalue weighted by Crippen LogP contribution is 2.36. The fourth-order valence-electron chi connectivity index (χ4n) is 4.96. The highest BCUT2D eigenvalue weighted by Gasteiger charge is 2.27. The molecule has 37 heavy (non-hydrogen) atoms. The number of likely N-dealkylation sites (N-methyl/N-ethyl adjacent to an activating group) is 1. The number of hydrogen-bond donors (Lipinski definition) is 2. The van der Waals surface area contributed by atoms with Crippen molar-refractivity contribution >= 4 is 27.6 Å². The Morgan fingerprint density at radius 2 is 2.03 bits per heavy atom. The number of rotatable bonds is 6. The van der Waals surface area contributed by atoms with E-state index in [9.17, 15) is 0 Å². The molecule has 4 heterocycles. The van der Waals surface area contributed by atoms with Crippen LogP contribution in [-0.4, -0.2) is 76.0 Å². The van der Waals surface area contributed by atoms with Gasteiger partial charge in [0, 0.05) is 37.1 Å². The van der Waals surface area contributed by atoms with Gasteiger partial charge in [0.2, 0.25) is 5.88 Å². The van der Waals surface area contributed by atoms with E-state index in [2.05, 4.69) is 69.2 Å². The number of ether oxygens (including phenoxy) is 2. The van der Waals surface area contributed by atoms with Gasteiger partial charge in [-0.1, -0.05) is 6.07 Å². The summed E-state index contributed by atoms with van der Waals surface area (Å²) in [5.41, 5.74) is 5.67. The maximum atomic E-state index is 6.18. The van der Waals surface area contributed by atoms with Crippen LogP contribution in [0.2, 0.25) is 0 Å². The Bertz CT molecular complexity index is 1560. The summed E-state index contributed by atoms with van der Waals surface area (Å²) in [5, 5.41) is 8.57. The van der Waals surface area contributed by atoms with E-state index in [-0.39, 0.29) is 6.10 Å². The first-order chi connectivity index (χ1) is 17.9. The van der Waals surface area contributed by atoms with Crippen LogP contribution in [0.5, 0.6) is 11.6 Å². The molecule has 1 aliphatic rings. The van der Waals surface area contributed by atoms with E-state index < -0.39 is 0 Å². The smallest absolute Gasteiger partial charge is 0.219 e. The maximum absolute atomic E-state index is 6.18. The van der Waals surface area contributed by atoms with Crippen molar-refractivity contribution in [3.05, 3.63) is 60.3 Å². The van der Waals surface area contributed by atoms with E-state index in [4.69, 9.17) is 14.5 Å². The number of anilines is 1. The molecule has 1 saturated heterocycles. The summed E-state index contributed by atoms with van der Waals surface area (Å²) < 4.78 is 12.2. The van der Waals surface area contributed by atoms with Crippen LogP contribution in [0.4, 0.5) is 5.69 Å². The molecular formula is C28H31N7O2. The van der Waals surface area contributed by atoms with Crippen molar-refractivity contribution < 1.29 is 9.47 Å². The molecule has 1 fully saturated rings. The third-order valence-electron chi connectivity index (χ3n) is 6.75. The van der Waals surface area contributed by atoms with Gasteiger partial charge in [-0.05, 0) is 69.9 Å². The average molecular weight is 498 g/mol. The van der Waals surface area contributed by atoms with Crippen LogP contribution < -0.4 is 9.64 Å². The van der Waals surface area contributed by atoms with Crippen LogP contribution in [0.25, 0.3) is 33.5 Å². The molecule has 0 bridgehead atoms. The second-order valence-corrected chi connectivity index (χ2v) is 10.0. The predicted octanol–water partition coefficient (Wildman–Crippen LogP) is 4.76. The normalized spacial score (nSPS) is 18.2. The average Bonchev–Trinajstić information content (AvgIpc) is 3.49. The van der Waals surface area contributed by atoms with Crippen molar-refractivity contribution in [2.45, 2.75) is 26.0 Å². The van der Waals surface area contributed by atoms with Gasteiger partial charge in [-0.2, -0.15) is 5.10 Å². The van der Waals surface area contributed by atoms with Gasteiger partial charge in [0.25, 0.3) is 0 Å². The van der Waals surface area contributed by atoms with E-state index in [0.717, 1.165) is 46.3 Å². The van der Waals surface area contributed by atoms with Gasteiger partial charge in [0.1, 0.15) is 11.4 Å². The molecule has 5 aromatic rings. The Kier molecular flexibility index (Phi) is 6.02. The molecule has 0 amide bonds. The SMILES string of the molecule is Cc1ccnc(Oc2cccc3[nH]nc(-c4nc5ccc(N6CC(CN(C)C)OCC6C)cc5[nH]4)c23)c1. The number of fused-ring (bicyclic) bond motifs is 2. The molecular weight excluding hydrogens is 466 g/mol. The van der Waals surface area contributed by atoms with Gasteiger partial charge >= 0.3 is 0 Å². The van der Waals surface area contributed by atoms with E-state index in [1.165, 1.54) is 0 Å². The van der Waals surface area contributed by atoms with Gasteiger partial charge < -0.3 is 24.3 Å². The number of H-pyrrole nitrogens is 2. The summed E-state index contributed by atoms with van der Waals surface area (Å²) in [7, 11) is 4.16. The van der Waals surface area contributed by atoms with Gasteiger partial charge in [-0.25, -0.2) is 9.97 Å². The van der Waals surface area contributed by atoms with Gasteiger partial charge in [0.15, 0.2) is 5.82 Å². The van der Waals surface area contributed by atoms with E-state index in [1.807, 2.05) is 37.3 Å². The highest BCUT2D eigenvalue weighted by molar-refractivity contribution is 5.97. The number of aromatic nitrogens is 5. The summed E-state index contributed by atoms with van der Waals surface area (Å²) in [6, 6.07) is 16.4. The number of aromatic amines is 2. The molecule has 9 nitrogen and oxygen atoms in total. The van der Waals surface area contributed by atoms with Crippen LogP contribution in [0.3, 0.4) is 0 Å². The fraction of sp³-hybridized carbons (Fsp3) is 0.321. The van der Waals surface area contributed by atoms with Gasteiger partial charge in [0.05, 0.1) is 34.6 Å². The molecule has 0 radical (unpaired) electrons. The number of morpholine rings is 1. The first-order valence-electron chi connectivity index (χ1n) is 12.6. The van der Waals surface area contributed by atoms with Crippen LogP contribution in [0.1, 0.15) is 12.5 Å². The minimum Gasteiger partial charge on any atom is -0.438 e. The molecule has 9 heteroatoms. The van der Waals surface area contributed by atoms with E-state index in [0.29, 0.717) is 35.8 Å². The quantitative estimate of drug-likeness (QED) is 0.349. The predicted molar refractivity (Wildman–Crippen MR) is 145 cm³/mol. The van der Waals surface area contributed by atoms with Crippen molar-refractivity contribution in [1.29, 1.82) is 0 Å². The molecule has 190 valence electrons. The fourth-order valence-corrected chi connectivity index (χ4v) is 4.96. The van der Waals surface area contributed by atoms with Crippen molar-refractivity contribution in [3.8, 4) is 23.1 Å². The first kappa shape index (κ1) is 23.4. The Morgan fingerprint density at radius 3 is 2.86 bits per heavy atom. The molecule has 0 spiro atoms. The lowest BCUT2D eigenvalue weighted by atomic mass is 10.1. The lowest BCUT2D eigenvalue weighted by Gasteiger charge is -2.40. The molecule has 2 N–H and O–H groups in total. The summed E-state index contributed by atoms with van der Waals surface area (Å²) in [4.78, 5) is 17.3. The number of aryl methyl sites for hydroxylation is 1. The third-order valence-corrected chi connectivity index (χ3v) is 6.75. The maximum Gasteiger partial charge on any atom is 0.219 e. The molecule has 6 rings (SSSR count). The van der Waals surface area contributed by atoms with Gasteiger partial charge in [-0.3, -0.25) is 5.10 Å². The summed E-state index contributed by atoms with van der Waals surface area (Å²) in [6.07, 6.45) is 1.92. The Balaban J connectivity index is 1.34. The summed E-state index contributed by atoms with van der Waals surface area (Å²) in [6.45, 7) is 6.68. The van der Waals surface area contributed by atoms with E-state index in [1.54, 1.807) is 6.20 Å². The lowest BCUT2D eigenvalue weighted by Crippen LogP contribution is -2.51. The third kappa shape index (κ3) is 4.63. The largest absolute Gasteiger partial charge is 0.438 e. The summed E-state index contributed by atoms with van der Waals surface area (Å²) >= 11 is 0. The minimum atomic E-state index is 0.177. The second kappa shape index (κ2) is 9.49. The molecule has 2 unspecified atom stereocenters. The zero-order valence-corrected chi connectivity index (χ0v) is 21.5. The number of imidazole rings is 1. The topological polar surface area (TPSA) is 95.2 Å². The number of nitrogens with zero attached hydrogens (tertiary/aromatic N) is 5. The van der Waals surface area contributed by atoms with Crippen molar-refractivity contribution in [3.63, 3.8) is 0 Å². The van der Waals surface area contributed by atoms with E-state index >= 15 is 0 Å². The second-order valence-electron chi connectivity index (χ2n) is 10.0. The first-order valence-corrected chi connectivity index (χ1v) is 12.6. The van der Waals surface area contributed by atoms with Crippen LogP contribution in [0, 0.1) is 6.92 Å². The monoisotopic (exact) mass is 497 g/mol. The number of pyridine rings is 1.